The predicted octanol–water partition coefficient (Wildman–Crippen LogP) is 1.67. The van der Waals surface area contributed by atoms with Crippen LogP contribution in [-0.2, 0) is 24.7 Å². The van der Waals surface area contributed by atoms with E-state index < -0.39 is 32.0 Å². The Bertz CT molecular complexity index is 916. The van der Waals surface area contributed by atoms with E-state index in [4.69, 9.17) is 4.74 Å². The number of anilines is 1. The topological polar surface area (TPSA) is 101 Å². The minimum absolute atomic E-state index is 0.00962. The summed E-state index contributed by atoms with van der Waals surface area (Å²) in [5, 5.41) is 0. The number of nitrogens with zero attached hydrogens (tertiary/aromatic N) is 2. The number of carbonyl (C=O) groups excluding carboxylic acids is 1. The van der Waals surface area contributed by atoms with Gasteiger partial charge < -0.3 is 9.64 Å². The fourth-order valence-electron chi connectivity index (χ4n) is 3.54. The first-order valence-electron chi connectivity index (χ1n) is 9.82. The fourth-order valence-corrected chi connectivity index (χ4v) is 5.99. The van der Waals surface area contributed by atoms with Gasteiger partial charge in [-0.25, -0.2) is 16.8 Å². The Labute approximate surface area is 173 Å². The Morgan fingerprint density at radius 3 is 2.34 bits per heavy atom. The van der Waals surface area contributed by atoms with Crippen molar-refractivity contribution in [3.63, 3.8) is 0 Å². The predicted molar refractivity (Wildman–Crippen MR) is 113 cm³/mol. The second-order valence-electron chi connectivity index (χ2n) is 6.99. The standard InChI is InChI=1S/C17H24N2O6S2.C2H6/c1-13-15(7-8-17(20)18-9-11-27(23,24)12-10-18)25-16-6-4-3-5-14(16)19(13)26(2,21)22;1-2/h3-6,13,15H,7-12H2,1-2H3;1-2H3/t13-,15?;/m1./s1. The van der Waals surface area contributed by atoms with E-state index in [0.717, 1.165) is 6.26 Å². The summed E-state index contributed by atoms with van der Waals surface area (Å²) in [4.78, 5) is 14.0. The van der Waals surface area contributed by atoms with Crippen LogP contribution in [0.3, 0.4) is 0 Å². The number of ether oxygens (including phenoxy) is 1. The Morgan fingerprint density at radius 1 is 1.17 bits per heavy atom. The average Bonchev–Trinajstić information content (AvgIpc) is 2.66. The first kappa shape index (κ1) is 23.5. The molecule has 29 heavy (non-hydrogen) atoms. The summed E-state index contributed by atoms with van der Waals surface area (Å²) in [5.41, 5.74) is 0.497. The van der Waals surface area contributed by atoms with Crippen molar-refractivity contribution in [2.75, 3.05) is 35.2 Å². The molecule has 8 nitrogen and oxygen atoms in total. The molecule has 1 unspecified atom stereocenters. The lowest BCUT2D eigenvalue weighted by molar-refractivity contribution is -0.131. The molecule has 1 fully saturated rings. The first-order valence-corrected chi connectivity index (χ1v) is 13.5. The zero-order valence-corrected chi connectivity index (χ0v) is 19.0. The van der Waals surface area contributed by atoms with Crippen molar-refractivity contribution in [2.45, 2.75) is 45.8 Å². The van der Waals surface area contributed by atoms with E-state index in [-0.39, 0.29) is 36.9 Å². The number of sulfonamides is 1. The van der Waals surface area contributed by atoms with Crippen LogP contribution in [0.15, 0.2) is 24.3 Å². The molecule has 1 amide bonds. The van der Waals surface area contributed by atoms with Gasteiger partial charge in [0.05, 0.1) is 29.5 Å². The molecule has 0 spiro atoms. The lowest BCUT2D eigenvalue weighted by atomic mass is 10.0. The van der Waals surface area contributed by atoms with Gasteiger partial charge in [-0.15, -0.1) is 0 Å². The number of hydrogen-bond acceptors (Lipinski definition) is 6. The van der Waals surface area contributed by atoms with Gasteiger partial charge in [-0.2, -0.15) is 0 Å². The molecular weight excluding hydrogens is 416 g/mol. The van der Waals surface area contributed by atoms with E-state index in [0.29, 0.717) is 17.9 Å². The van der Waals surface area contributed by atoms with Crippen molar-refractivity contribution in [3.05, 3.63) is 24.3 Å². The zero-order chi connectivity index (χ0) is 21.8. The van der Waals surface area contributed by atoms with Gasteiger partial charge in [0.1, 0.15) is 11.9 Å². The molecule has 0 aromatic heterocycles. The molecule has 1 saturated heterocycles. The van der Waals surface area contributed by atoms with Gasteiger partial charge in [-0.3, -0.25) is 9.10 Å². The molecule has 2 heterocycles. The van der Waals surface area contributed by atoms with E-state index in [1.165, 1.54) is 4.31 Å². The van der Waals surface area contributed by atoms with Crippen molar-refractivity contribution >= 4 is 31.5 Å². The highest BCUT2D eigenvalue weighted by Crippen LogP contribution is 2.38. The Balaban J connectivity index is 0.00000145. The highest BCUT2D eigenvalue weighted by molar-refractivity contribution is 7.92. The fraction of sp³-hybridized carbons (Fsp3) is 0.632. The number of sulfone groups is 1. The third-order valence-electron chi connectivity index (χ3n) is 4.99. The van der Waals surface area contributed by atoms with E-state index in [2.05, 4.69) is 0 Å². The third kappa shape index (κ3) is 5.63. The highest BCUT2D eigenvalue weighted by Gasteiger charge is 2.38. The van der Waals surface area contributed by atoms with Gasteiger partial charge in [0.2, 0.25) is 15.9 Å². The third-order valence-corrected chi connectivity index (χ3v) is 7.84. The minimum Gasteiger partial charge on any atom is -0.486 e. The molecule has 1 aromatic carbocycles. The molecule has 1 aromatic rings. The summed E-state index contributed by atoms with van der Waals surface area (Å²) in [6, 6.07) is 6.48. The quantitative estimate of drug-likeness (QED) is 0.697. The lowest BCUT2D eigenvalue weighted by Crippen LogP contribution is -2.51. The molecule has 0 aliphatic carbocycles. The van der Waals surface area contributed by atoms with Crippen molar-refractivity contribution < 1.29 is 26.4 Å². The maximum atomic E-state index is 12.4. The largest absolute Gasteiger partial charge is 0.486 e. The maximum absolute atomic E-state index is 12.4. The Morgan fingerprint density at radius 2 is 1.76 bits per heavy atom. The summed E-state index contributed by atoms with van der Waals surface area (Å²) in [6.07, 6.45) is 1.22. The second kappa shape index (κ2) is 9.34. The SMILES string of the molecule is CC.C[C@@H]1C(CCC(=O)N2CCS(=O)(=O)CC2)Oc2ccccc2N1S(C)(=O)=O. The van der Waals surface area contributed by atoms with Crippen LogP contribution in [0, 0.1) is 0 Å². The van der Waals surface area contributed by atoms with E-state index >= 15 is 0 Å². The van der Waals surface area contributed by atoms with Crippen molar-refractivity contribution in [1.82, 2.24) is 4.90 Å². The molecule has 2 aliphatic rings. The Hall–Kier alpha value is -1.81. The average molecular weight is 447 g/mol. The second-order valence-corrected chi connectivity index (χ2v) is 11.2. The van der Waals surface area contributed by atoms with E-state index in [1.807, 2.05) is 13.8 Å². The van der Waals surface area contributed by atoms with Crippen LogP contribution in [0.4, 0.5) is 5.69 Å². The number of fused-ring (bicyclic) bond motifs is 1. The van der Waals surface area contributed by atoms with Crippen LogP contribution < -0.4 is 9.04 Å². The molecule has 10 heteroatoms. The van der Waals surface area contributed by atoms with Gasteiger partial charge >= 0.3 is 0 Å². The molecule has 0 N–H and O–H groups in total. The maximum Gasteiger partial charge on any atom is 0.232 e. The smallest absolute Gasteiger partial charge is 0.232 e. The van der Waals surface area contributed by atoms with Gasteiger partial charge in [0.15, 0.2) is 9.84 Å². The van der Waals surface area contributed by atoms with Gasteiger partial charge in [-0.05, 0) is 25.5 Å². The van der Waals surface area contributed by atoms with Crippen LogP contribution >= 0.6 is 0 Å². The van der Waals surface area contributed by atoms with Gasteiger partial charge in [-0.1, -0.05) is 26.0 Å². The van der Waals surface area contributed by atoms with Crippen molar-refractivity contribution in [1.29, 1.82) is 0 Å². The Kier molecular flexibility index (Phi) is 7.56. The highest BCUT2D eigenvalue weighted by atomic mass is 32.2. The minimum atomic E-state index is -3.50. The van der Waals surface area contributed by atoms with Crippen LogP contribution in [-0.4, -0.2) is 70.6 Å². The normalized spacial score (nSPS) is 23.3. The molecular formula is C19H30N2O6S2. The summed E-state index contributed by atoms with van der Waals surface area (Å²) < 4.78 is 54.9. The lowest BCUT2D eigenvalue weighted by Gasteiger charge is -2.40. The number of benzene rings is 1. The summed E-state index contributed by atoms with van der Waals surface area (Å²) >= 11 is 0. The number of hydrogen-bond donors (Lipinski definition) is 0. The molecule has 2 atom stereocenters. The zero-order valence-electron chi connectivity index (χ0n) is 17.4. The van der Waals surface area contributed by atoms with E-state index in [1.54, 1.807) is 36.1 Å². The number of carbonyl (C=O) groups is 1. The van der Waals surface area contributed by atoms with Crippen molar-refractivity contribution in [2.24, 2.45) is 0 Å². The van der Waals surface area contributed by atoms with Crippen LogP contribution in [0.2, 0.25) is 0 Å². The first-order chi connectivity index (χ1) is 13.6. The molecule has 0 radical (unpaired) electrons. The van der Waals surface area contributed by atoms with Gasteiger partial charge in [0, 0.05) is 19.5 Å². The van der Waals surface area contributed by atoms with Gasteiger partial charge in [0.25, 0.3) is 0 Å². The van der Waals surface area contributed by atoms with Crippen LogP contribution in [0.25, 0.3) is 0 Å². The van der Waals surface area contributed by atoms with Crippen molar-refractivity contribution in [3.8, 4) is 5.75 Å². The van der Waals surface area contributed by atoms with E-state index in [9.17, 15) is 21.6 Å². The summed E-state index contributed by atoms with van der Waals surface area (Å²) in [6.45, 7) is 6.18. The molecule has 0 bridgehead atoms. The molecule has 0 saturated carbocycles. The summed E-state index contributed by atoms with van der Waals surface area (Å²) in [7, 11) is -6.54. The molecule has 2 aliphatic heterocycles. The number of amides is 1. The van der Waals surface area contributed by atoms with Crippen LogP contribution in [0.5, 0.6) is 5.75 Å². The number of rotatable bonds is 4. The molecule has 164 valence electrons. The van der Waals surface area contributed by atoms with Crippen LogP contribution in [0.1, 0.15) is 33.6 Å². The monoisotopic (exact) mass is 446 g/mol. The summed E-state index contributed by atoms with van der Waals surface area (Å²) in [5.74, 6) is 0.322. The number of para-hydroxylation sites is 2. The molecule has 3 rings (SSSR count).